The molecule has 0 saturated carbocycles. The van der Waals surface area contributed by atoms with Crippen LogP contribution in [0.1, 0.15) is 31.3 Å². The van der Waals surface area contributed by atoms with Crippen LogP contribution in [0.5, 0.6) is 0 Å². The summed E-state index contributed by atoms with van der Waals surface area (Å²) in [6, 6.07) is 5.70. The smallest absolute Gasteiger partial charge is 0.170 e. The van der Waals surface area contributed by atoms with Gasteiger partial charge in [-0.1, -0.05) is 12.1 Å². The number of hydrogen-bond donors (Lipinski definition) is 0. The molecule has 2 heterocycles. The molecule has 2 aromatic rings. The molecule has 0 aliphatic rings. The highest BCUT2D eigenvalue weighted by Gasteiger charge is 2.26. The van der Waals surface area contributed by atoms with Gasteiger partial charge in [0.25, 0.3) is 0 Å². The van der Waals surface area contributed by atoms with Crippen molar-refractivity contribution in [3.8, 4) is 0 Å². The van der Waals surface area contributed by atoms with Crippen LogP contribution >= 0.6 is 0 Å². The second-order valence-electron chi connectivity index (χ2n) is 5.44. The molecule has 0 saturated heterocycles. The Morgan fingerprint density at radius 2 is 2.16 bits per heavy atom. The van der Waals surface area contributed by atoms with E-state index in [0.717, 1.165) is 11.9 Å². The standard InChI is InChI=1S/C15H19N3O/c1-5-9-18(15(2,3)4)14-12(11-19)17-10-7-6-8-13(17)16-14/h5-8,10-11H,1,9H2,2-4H3. The average molecular weight is 257 g/mol. The number of aldehydes is 1. The van der Waals surface area contributed by atoms with Crippen LogP contribution in [-0.4, -0.2) is 27.8 Å². The molecule has 0 bridgehead atoms. The largest absolute Gasteiger partial charge is 0.346 e. The summed E-state index contributed by atoms with van der Waals surface area (Å²) < 4.78 is 1.81. The first-order valence-electron chi connectivity index (χ1n) is 6.30. The molecule has 4 nitrogen and oxygen atoms in total. The van der Waals surface area contributed by atoms with Crippen LogP contribution in [0.3, 0.4) is 0 Å². The Hall–Kier alpha value is -2.10. The van der Waals surface area contributed by atoms with E-state index in [-0.39, 0.29) is 5.54 Å². The lowest BCUT2D eigenvalue weighted by Crippen LogP contribution is -2.42. The summed E-state index contributed by atoms with van der Waals surface area (Å²) in [4.78, 5) is 18.1. The molecule has 2 aromatic heterocycles. The van der Waals surface area contributed by atoms with Gasteiger partial charge in [0.2, 0.25) is 0 Å². The van der Waals surface area contributed by atoms with Crippen LogP contribution in [0.2, 0.25) is 0 Å². The molecule has 0 aliphatic carbocycles. The van der Waals surface area contributed by atoms with Crippen LogP contribution < -0.4 is 4.90 Å². The number of aromatic nitrogens is 2. The van der Waals surface area contributed by atoms with E-state index in [1.165, 1.54) is 0 Å². The molecular weight excluding hydrogens is 238 g/mol. The Balaban J connectivity index is 2.65. The first kappa shape index (κ1) is 13.3. The first-order valence-corrected chi connectivity index (χ1v) is 6.30. The van der Waals surface area contributed by atoms with E-state index in [1.807, 2.05) is 34.9 Å². The molecule has 0 radical (unpaired) electrons. The predicted molar refractivity (Wildman–Crippen MR) is 77.9 cm³/mol. The van der Waals surface area contributed by atoms with Gasteiger partial charge in [0.1, 0.15) is 11.3 Å². The quantitative estimate of drug-likeness (QED) is 0.624. The van der Waals surface area contributed by atoms with E-state index >= 15 is 0 Å². The maximum Gasteiger partial charge on any atom is 0.170 e. The SMILES string of the molecule is C=CCN(c1nc2ccccn2c1C=O)C(C)(C)C. The minimum atomic E-state index is -0.135. The van der Waals surface area contributed by atoms with Crippen molar-refractivity contribution >= 4 is 17.8 Å². The zero-order valence-corrected chi connectivity index (χ0v) is 11.6. The van der Waals surface area contributed by atoms with Crippen molar-refractivity contribution in [2.75, 3.05) is 11.4 Å². The summed E-state index contributed by atoms with van der Waals surface area (Å²) in [7, 11) is 0. The van der Waals surface area contributed by atoms with Crippen LogP contribution in [-0.2, 0) is 0 Å². The fourth-order valence-electron chi connectivity index (χ4n) is 2.12. The van der Waals surface area contributed by atoms with Gasteiger partial charge >= 0.3 is 0 Å². The van der Waals surface area contributed by atoms with Crippen LogP contribution in [0, 0.1) is 0 Å². The van der Waals surface area contributed by atoms with E-state index in [0.29, 0.717) is 18.1 Å². The number of anilines is 1. The van der Waals surface area contributed by atoms with Crippen molar-refractivity contribution < 1.29 is 4.79 Å². The lowest BCUT2D eigenvalue weighted by molar-refractivity contribution is 0.111. The summed E-state index contributed by atoms with van der Waals surface area (Å²) >= 11 is 0. The Bertz CT molecular complexity index is 607. The number of fused-ring (bicyclic) bond motifs is 1. The minimum Gasteiger partial charge on any atom is -0.346 e. The normalized spacial score (nSPS) is 11.5. The van der Waals surface area contributed by atoms with Gasteiger partial charge in [-0.05, 0) is 32.9 Å². The molecule has 0 amide bonds. The molecule has 4 heteroatoms. The monoisotopic (exact) mass is 257 g/mol. The molecule has 2 rings (SSSR count). The Morgan fingerprint density at radius 3 is 2.74 bits per heavy atom. The predicted octanol–water partition coefficient (Wildman–Crippen LogP) is 2.94. The van der Waals surface area contributed by atoms with Gasteiger partial charge in [0, 0.05) is 18.3 Å². The topological polar surface area (TPSA) is 37.6 Å². The number of pyridine rings is 1. The Kier molecular flexibility index (Phi) is 3.42. The number of rotatable bonds is 4. The van der Waals surface area contributed by atoms with Gasteiger partial charge in [0.05, 0.1) is 0 Å². The molecule has 0 aromatic carbocycles. The third-order valence-electron chi connectivity index (χ3n) is 3.04. The van der Waals surface area contributed by atoms with Gasteiger partial charge in [-0.2, -0.15) is 0 Å². The molecule has 19 heavy (non-hydrogen) atoms. The fourth-order valence-corrected chi connectivity index (χ4v) is 2.12. The second kappa shape index (κ2) is 4.88. The van der Waals surface area contributed by atoms with Crippen molar-refractivity contribution in [1.29, 1.82) is 0 Å². The summed E-state index contributed by atoms with van der Waals surface area (Å²) in [5, 5.41) is 0. The summed E-state index contributed by atoms with van der Waals surface area (Å²) in [5.41, 5.74) is 1.22. The van der Waals surface area contributed by atoms with Gasteiger partial charge in [-0.15, -0.1) is 6.58 Å². The lowest BCUT2D eigenvalue weighted by atomic mass is 10.1. The summed E-state index contributed by atoms with van der Waals surface area (Å²) in [6.07, 6.45) is 4.53. The molecule has 0 aliphatic heterocycles. The fraction of sp³-hybridized carbons (Fsp3) is 0.333. The minimum absolute atomic E-state index is 0.135. The third-order valence-corrected chi connectivity index (χ3v) is 3.04. The van der Waals surface area contributed by atoms with Crippen molar-refractivity contribution in [1.82, 2.24) is 9.38 Å². The Morgan fingerprint density at radius 1 is 1.42 bits per heavy atom. The zero-order chi connectivity index (χ0) is 14.0. The van der Waals surface area contributed by atoms with Crippen molar-refractivity contribution in [2.45, 2.75) is 26.3 Å². The van der Waals surface area contributed by atoms with Gasteiger partial charge < -0.3 is 4.90 Å². The molecular formula is C15H19N3O. The van der Waals surface area contributed by atoms with Crippen molar-refractivity contribution in [3.05, 3.63) is 42.7 Å². The number of carbonyl (C=O) groups is 1. The van der Waals surface area contributed by atoms with Crippen LogP contribution in [0.4, 0.5) is 5.82 Å². The molecule has 0 fully saturated rings. The lowest BCUT2D eigenvalue weighted by Gasteiger charge is -2.35. The average Bonchev–Trinajstić information content (AvgIpc) is 2.72. The first-order chi connectivity index (χ1) is 8.99. The van der Waals surface area contributed by atoms with E-state index in [2.05, 4.69) is 37.2 Å². The van der Waals surface area contributed by atoms with E-state index in [9.17, 15) is 4.79 Å². The van der Waals surface area contributed by atoms with Crippen LogP contribution in [0.15, 0.2) is 37.1 Å². The van der Waals surface area contributed by atoms with E-state index in [1.54, 1.807) is 0 Å². The summed E-state index contributed by atoms with van der Waals surface area (Å²) in [5.74, 6) is 0.702. The van der Waals surface area contributed by atoms with Gasteiger partial charge in [-0.25, -0.2) is 4.98 Å². The second-order valence-corrected chi connectivity index (χ2v) is 5.44. The Labute approximate surface area is 113 Å². The third kappa shape index (κ3) is 2.38. The maximum absolute atomic E-state index is 11.4. The highest BCUT2D eigenvalue weighted by atomic mass is 16.1. The molecule has 0 N–H and O–H groups in total. The summed E-state index contributed by atoms with van der Waals surface area (Å²) in [6.45, 7) is 10.7. The van der Waals surface area contributed by atoms with Crippen LogP contribution in [0.25, 0.3) is 5.65 Å². The number of carbonyl (C=O) groups excluding carboxylic acids is 1. The number of hydrogen-bond acceptors (Lipinski definition) is 3. The molecule has 0 spiro atoms. The van der Waals surface area contributed by atoms with E-state index < -0.39 is 0 Å². The van der Waals surface area contributed by atoms with Gasteiger partial charge in [0.15, 0.2) is 12.1 Å². The maximum atomic E-state index is 11.4. The molecule has 0 unspecified atom stereocenters. The molecule has 0 atom stereocenters. The van der Waals surface area contributed by atoms with Crippen molar-refractivity contribution in [2.24, 2.45) is 0 Å². The zero-order valence-electron chi connectivity index (χ0n) is 11.6. The number of nitrogens with zero attached hydrogens (tertiary/aromatic N) is 3. The number of imidazole rings is 1. The van der Waals surface area contributed by atoms with Crippen molar-refractivity contribution in [3.63, 3.8) is 0 Å². The van der Waals surface area contributed by atoms with E-state index in [4.69, 9.17) is 0 Å². The molecule has 100 valence electrons. The van der Waals surface area contributed by atoms with Gasteiger partial charge in [-0.3, -0.25) is 9.20 Å². The highest BCUT2D eigenvalue weighted by molar-refractivity contribution is 5.83. The highest BCUT2D eigenvalue weighted by Crippen LogP contribution is 2.26.